The summed E-state index contributed by atoms with van der Waals surface area (Å²) in [5, 5.41) is 11.3. The molecule has 3 aliphatic rings. The van der Waals surface area contributed by atoms with Gasteiger partial charge in [0.25, 0.3) is 0 Å². The number of hydrogen-bond acceptors (Lipinski definition) is 4. The van der Waals surface area contributed by atoms with E-state index < -0.39 is 0 Å². The van der Waals surface area contributed by atoms with Crippen LogP contribution in [0.15, 0.2) is 11.1 Å². The maximum Gasteiger partial charge on any atom is 0.191 e. The largest absolute Gasteiger partial charge is 0.357 e. The smallest absolute Gasteiger partial charge is 0.191 e. The summed E-state index contributed by atoms with van der Waals surface area (Å²) < 4.78 is 2.08. The Morgan fingerprint density at radius 2 is 2.00 bits per heavy atom. The number of halogens is 1. The van der Waals surface area contributed by atoms with Crippen LogP contribution in [0.2, 0.25) is 0 Å². The second-order valence-corrected chi connectivity index (χ2v) is 7.14. The molecule has 0 spiro atoms. The lowest BCUT2D eigenvalue weighted by Crippen LogP contribution is -2.62. The molecule has 1 aromatic heterocycles. The van der Waals surface area contributed by atoms with Gasteiger partial charge < -0.3 is 10.6 Å². The van der Waals surface area contributed by atoms with Crippen molar-refractivity contribution >= 4 is 29.9 Å². The van der Waals surface area contributed by atoms with Gasteiger partial charge in [0.1, 0.15) is 0 Å². The summed E-state index contributed by atoms with van der Waals surface area (Å²) in [5.41, 5.74) is 2.32. The van der Waals surface area contributed by atoms with E-state index in [9.17, 15) is 0 Å². The molecule has 0 radical (unpaired) electrons. The van der Waals surface area contributed by atoms with E-state index >= 15 is 0 Å². The molecule has 1 unspecified atom stereocenters. The lowest BCUT2D eigenvalue weighted by Gasteiger charge is -2.47. The van der Waals surface area contributed by atoms with Crippen molar-refractivity contribution in [2.75, 3.05) is 52.4 Å². The highest BCUT2D eigenvalue weighted by Crippen LogP contribution is 2.15. The summed E-state index contributed by atoms with van der Waals surface area (Å²) in [7, 11) is 0. The van der Waals surface area contributed by atoms with Crippen LogP contribution in [0.1, 0.15) is 24.7 Å². The Balaban J connectivity index is 0.00000243. The highest BCUT2D eigenvalue weighted by atomic mass is 127. The van der Waals surface area contributed by atoms with E-state index in [0.717, 1.165) is 44.3 Å². The van der Waals surface area contributed by atoms with Gasteiger partial charge in [0, 0.05) is 64.1 Å². The maximum atomic E-state index is 4.83. The Morgan fingerprint density at radius 1 is 1.23 bits per heavy atom. The molecule has 0 amide bonds. The van der Waals surface area contributed by atoms with Gasteiger partial charge in [0.15, 0.2) is 5.96 Å². The quantitative estimate of drug-likeness (QED) is 0.268. The summed E-state index contributed by atoms with van der Waals surface area (Å²) >= 11 is 0. The van der Waals surface area contributed by atoms with Gasteiger partial charge in [-0.3, -0.25) is 19.5 Å². The number of guanidine groups is 1. The van der Waals surface area contributed by atoms with Crippen LogP contribution in [0.25, 0.3) is 0 Å². The average Bonchev–Trinajstić information content (AvgIpc) is 2.95. The van der Waals surface area contributed by atoms with E-state index in [1.54, 1.807) is 0 Å². The van der Waals surface area contributed by atoms with Gasteiger partial charge in [-0.05, 0) is 33.3 Å². The number of aromatic nitrogens is 2. The number of rotatable bonds is 7. The Hall–Kier alpha value is -0.870. The zero-order valence-electron chi connectivity index (χ0n) is 16.4. The van der Waals surface area contributed by atoms with E-state index in [-0.39, 0.29) is 24.0 Å². The summed E-state index contributed by atoms with van der Waals surface area (Å²) in [6, 6.07) is 2.70. The molecule has 3 saturated heterocycles. The average molecular weight is 475 g/mol. The molecule has 0 aromatic carbocycles. The topological polar surface area (TPSA) is 60.7 Å². The normalized spacial score (nSPS) is 25.0. The summed E-state index contributed by atoms with van der Waals surface area (Å²) in [5.74, 6) is 0.938. The number of aryl methyl sites for hydroxylation is 3. The molecule has 4 heterocycles. The lowest BCUT2D eigenvalue weighted by molar-refractivity contribution is 0.0174. The Bertz CT molecular complexity index is 578. The molecular weight excluding hydrogens is 441 g/mol. The fraction of sp³-hybridized carbons (Fsp3) is 0.778. The van der Waals surface area contributed by atoms with Crippen LogP contribution in [0.4, 0.5) is 0 Å². The van der Waals surface area contributed by atoms with Gasteiger partial charge in [0.05, 0.1) is 12.2 Å². The first-order chi connectivity index (χ1) is 12.2. The minimum atomic E-state index is 0. The minimum Gasteiger partial charge on any atom is -0.357 e. The number of fused-ring (bicyclic) bond motifs is 3. The second-order valence-electron chi connectivity index (χ2n) is 7.14. The van der Waals surface area contributed by atoms with Gasteiger partial charge >= 0.3 is 0 Å². The maximum absolute atomic E-state index is 4.83. The van der Waals surface area contributed by atoms with Gasteiger partial charge in [-0.15, -0.1) is 24.0 Å². The molecule has 4 rings (SSSR count). The van der Waals surface area contributed by atoms with E-state index in [0.29, 0.717) is 6.04 Å². The molecule has 8 heteroatoms. The van der Waals surface area contributed by atoms with Crippen molar-refractivity contribution < 1.29 is 0 Å². The van der Waals surface area contributed by atoms with Crippen molar-refractivity contribution in [3.63, 3.8) is 0 Å². The molecule has 26 heavy (non-hydrogen) atoms. The number of hydrogen-bond donors (Lipinski definition) is 2. The molecule has 1 aromatic rings. The van der Waals surface area contributed by atoms with Gasteiger partial charge in [-0.2, -0.15) is 5.10 Å². The van der Waals surface area contributed by atoms with Crippen LogP contribution in [0, 0.1) is 13.8 Å². The molecule has 2 bridgehead atoms. The van der Waals surface area contributed by atoms with Gasteiger partial charge in [-0.25, -0.2) is 0 Å². The van der Waals surface area contributed by atoms with Crippen LogP contribution in [0.5, 0.6) is 0 Å². The highest BCUT2D eigenvalue weighted by molar-refractivity contribution is 14.0. The summed E-state index contributed by atoms with van der Waals surface area (Å²) in [6.07, 6.45) is 1.04. The molecule has 0 saturated carbocycles. The third-order valence-corrected chi connectivity index (χ3v) is 5.14. The molecule has 7 nitrogen and oxygen atoms in total. The lowest BCUT2D eigenvalue weighted by atomic mass is 10.1. The number of piperazine rings is 3. The molecule has 2 N–H and O–H groups in total. The Morgan fingerprint density at radius 3 is 2.58 bits per heavy atom. The predicted molar refractivity (Wildman–Crippen MR) is 118 cm³/mol. The fourth-order valence-corrected chi connectivity index (χ4v) is 3.77. The third-order valence-electron chi connectivity index (χ3n) is 5.14. The van der Waals surface area contributed by atoms with Crippen LogP contribution in [-0.4, -0.2) is 83.9 Å². The van der Waals surface area contributed by atoms with Crippen molar-refractivity contribution in [3.8, 4) is 0 Å². The standard InChI is InChI=1S/C18H33N7.HI/c1-4-19-18(20-6-5-7-25-16(3)12-15(2)22-25)21-13-17-14-23-8-10-24(17)11-9-23;/h12,17H,4-11,13-14H2,1-3H3,(H2,19,20,21);1H. The minimum absolute atomic E-state index is 0. The first-order valence-corrected chi connectivity index (χ1v) is 9.65. The SMILES string of the molecule is CCNC(=NCC1CN2CCN1CC2)NCCCn1nc(C)cc1C.I. The molecule has 1 atom stereocenters. The van der Waals surface area contributed by atoms with Crippen LogP contribution >= 0.6 is 24.0 Å². The molecule has 3 aliphatic heterocycles. The zero-order valence-corrected chi connectivity index (χ0v) is 18.7. The number of nitrogens with zero attached hydrogens (tertiary/aromatic N) is 5. The van der Waals surface area contributed by atoms with Crippen LogP contribution < -0.4 is 10.6 Å². The van der Waals surface area contributed by atoms with E-state index in [1.165, 1.54) is 38.4 Å². The molecule has 0 aliphatic carbocycles. The first kappa shape index (κ1) is 21.4. The third kappa shape index (κ3) is 5.82. The molecular formula is C18H34IN7. The first-order valence-electron chi connectivity index (χ1n) is 9.65. The molecule has 3 fully saturated rings. The van der Waals surface area contributed by atoms with Crippen molar-refractivity contribution in [1.29, 1.82) is 0 Å². The van der Waals surface area contributed by atoms with Crippen LogP contribution in [-0.2, 0) is 6.54 Å². The van der Waals surface area contributed by atoms with E-state index in [1.807, 2.05) is 6.92 Å². The molecule has 148 valence electrons. The number of aliphatic imine (C=N–C) groups is 1. The van der Waals surface area contributed by atoms with Gasteiger partial charge in [0.2, 0.25) is 0 Å². The van der Waals surface area contributed by atoms with Crippen molar-refractivity contribution in [1.82, 2.24) is 30.2 Å². The monoisotopic (exact) mass is 475 g/mol. The summed E-state index contributed by atoms with van der Waals surface area (Å²) in [4.78, 5) is 9.98. The number of nitrogens with one attached hydrogen (secondary N) is 2. The van der Waals surface area contributed by atoms with E-state index in [4.69, 9.17) is 4.99 Å². The van der Waals surface area contributed by atoms with Crippen molar-refractivity contribution in [3.05, 3.63) is 17.5 Å². The Kier molecular flexibility index (Phi) is 8.62. The van der Waals surface area contributed by atoms with Crippen molar-refractivity contribution in [2.24, 2.45) is 4.99 Å². The second kappa shape index (κ2) is 10.5. The van der Waals surface area contributed by atoms with Crippen molar-refractivity contribution in [2.45, 2.75) is 39.8 Å². The highest BCUT2D eigenvalue weighted by Gasteiger charge is 2.31. The zero-order chi connectivity index (χ0) is 17.6. The fourth-order valence-electron chi connectivity index (χ4n) is 3.77. The summed E-state index contributed by atoms with van der Waals surface area (Å²) in [6.45, 7) is 15.9. The van der Waals surface area contributed by atoms with Crippen LogP contribution in [0.3, 0.4) is 0 Å². The van der Waals surface area contributed by atoms with E-state index in [2.05, 4.69) is 50.1 Å². The predicted octanol–water partition coefficient (Wildman–Crippen LogP) is 1.06. The Labute approximate surface area is 174 Å². The van der Waals surface area contributed by atoms with Gasteiger partial charge in [-0.1, -0.05) is 0 Å².